The molecule has 7 nitrogen and oxygen atoms in total. The van der Waals surface area contributed by atoms with Gasteiger partial charge >= 0.3 is 11.9 Å². The summed E-state index contributed by atoms with van der Waals surface area (Å²) in [5, 5.41) is 0. The maximum Gasteiger partial charge on any atom is 0.340 e. The fourth-order valence-electron chi connectivity index (χ4n) is 13.7. The number of ether oxygens (including phenoxy) is 4. The summed E-state index contributed by atoms with van der Waals surface area (Å²) in [4.78, 5) is 40.6. The molecule has 2 aromatic rings. The number of carbonyl (C=O) groups excluding carboxylic acids is 3. The first-order valence-corrected chi connectivity index (χ1v) is 23.0. The largest absolute Gasteiger partial charge is 0.432 e. The van der Waals surface area contributed by atoms with Crippen molar-refractivity contribution in [2.24, 2.45) is 57.7 Å². The van der Waals surface area contributed by atoms with Gasteiger partial charge in [-0.15, -0.1) is 0 Å². The van der Waals surface area contributed by atoms with Crippen LogP contribution < -0.4 is 0 Å². The molecule has 6 aliphatic rings. The van der Waals surface area contributed by atoms with Gasteiger partial charge in [0.25, 0.3) is 0 Å². The van der Waals surface area contributed by atoms with Crippen molar-refractivity contribution < 1.29 is 33.3 Å². The number of hydrogen-bond donors (Lipinski definition) is 0. The van der Waals surface area contributed by atoms with Crippen molar-refractivity contribution >= 4 is 18.2 Å². The predicted octanol–water partition coefficient (Wildman–Crippen LogP) is 11.9. The molecular weight excluding hydrogens is 749 g/mol. The van der Waals surface area contributed by atoms with Crippen molar-refractivity contribution in [1.29, 1.82) is 0 Å². The van der Waals surface area contributed by atoms with Crippen LogP contribution in [0.5, 0.6) is 0 Å². The fraction of sp³-hybridized carbons (Fsp3) is 0.604. The van der Waals surface area contributed by atoms with E-state index in [4.69, 9.17) is 18.9 Å². The van der Waals surface area contributed by atoms with Gasteiger partial charge in [-0.1, -0.05) is 114 Å². The summed E-state index contributed by atoms with van der Waals surface area (Å²) in [6.07, 6.45) is 13.5. The lowest BCUT2D eigenvalue weighted by Crippen LogP contribution is -2.49. The van der Waals surface area contributed by atoms with Crippen LogP contribution in [0, 0.1) is 57.7 Å². The Labute approximate surface area is 358 Å². The highest BCUT2D eigenvalue weighted by atomic mass is 16.8. The van der Waals surface area contributed by atoms with E-state index in [1.807, 2.05) is 12.1 Å². The molecule has 7 heteroatoms. The molecule has 0 amide bonds. The number of fused-ring (bicyclic) bond motifs is 3. The first-order valence-electron chi connectivity index (χ1n) is 23.0. The SMILES string of the molecule is C=C1CCC2C(CCCC2(C)C)C1CC1OC(CC(C=O)=CCC2C(=C)CCC3C(C)(C)CCCC23C)C2C(OC(=O)c3ccccc3)OC(OC(=O)c3ccccc3)C12. The molecule has 12 atom stereocenters. The molecule has 8 rings (SSSR count). The summed E-state index contributed by atoms with van der Waals surface area (Å²) in [5.41, 5.74) is 4.69. The quantitative estimate of drug-likeness (QED) is 0.0966. The van der Waals surface area contributed by atoms with Crippen molar-refractivity contribution in [2.45, 2.75) is 143 Å². The van der Waals surface area contributed by atoms with Crippen molar-refractivity contribution in [3.05, 3.63) is 108 Å². The van der Waals surface area contributed by atoms with E-state index in [1.165, 1.54) is 49.7 Å². The minimum Gasteiger partial charge on any atom is -0.432 e. The van der Waals surface area contributed by atoms with Crippen LogP contribution in [0.25, 0.3) is 0 Å². The molecule has 12 unspecified atom stereocenters. The van der Waals surface area contributed by atoms with Gasteiger partial charge in [-0.2, -0.15) is 0 Å². The molecule has 4 aliphatic carbocycles. The zero-order chi connectivity index (χ0) is 42.4. The van der Waals surface area contributed by atoms with E-state index in [2.05, 4.69) is 53.9 Å². The van der Waals surface area contributed by atoms with Gasteiger partial charge in [0.15, 0.2) is 0 Å². The molecule has 0 aromatic heterocycles. The van der Waals surface area contributed by atoms with Crippen LogP contribution >= 0.6 is 0 Å². The first kappa shape index (κ1) is 42.9. The van der Waals surface area contributed by atoms with Gasteiger partial charge in [0.1, 0.15) is 6.29 Å². The average molecular weight is 817 g/mol. The number of hydrogen-bond acceptors (Lipinski definition) is 7. The summed E-state index contributed by atoms with van der Waals surface area (Å²) >= 11 is 0. The Morgan fingerprint density at radius 1 is 0.733 bits per heavy atom. The molecule has 60 heavy (non-hydrogen) atoms. The van der Waals surface area contributed by atoms with Crippen LogP contribution in [0.2, 0.25) is 0 Å². The van der Waals surface area contributed by atoms with Gasteiger partial charge in [0.05, 0.1) is 35.2 Å². The van der Waals surface area contributed by atoms with Crippen LogP contribution in [-0.4, -0.2) is 43.0 Å². The smallest absolute Gasteiger partial charge is 0.340 e. The second kappa shape index (κ2) is 17.2. The number of allylic oxidation sites excluding steroid dienone is 3. The second-order valence-corrected chi connectivity index (χ2v) is 21.0. The van der Waals surface area contributed by atoms with Crippen LogP contribution in [0.15, 0.2) is 96.6 Å². The standard InChI is InChI=1S/C53H68O7/c1-33-21-24-41-38(20-14-27-51(41,3)4)39(33)31-43-46-45(49(58-47(55)36-16-10-8-11-17-36)60-50(46)59-48(56)37-18-12-9-13-19-37)42(57-43)30-35(32-54)23-25-40-34(2)22-26-44-52(5,6)28-15-29-53(40,44)7/h8-13,16-19,23,32,38-46,49-50H,1-2,14-15,20-22,24-31H2,3-7H3. The predicted molar refractivity (Wildman–Crippen MR) is 234 cm³/mol. The Balaban J connectivity index is 1.12. The zero-order valence-electron chi connectivity index (χ0n) is 36.7. The van der Waals surface area contributed by atoms with Crippen molar-refractivity contribution in [2.75, 3.05) is 0 Å². The van der Waals surface area contributed by atoms with Gasteiger partial charge in [0.2, 0.25) is 12.6 Å². The first-order chi connectivity index (χ1) is 28.7. The van der Waals surface area contributed by atoms with Gasteiger partial charge in [0, 0.05) is 6.42 Å². The number of carbonyl (C=O) groups is 3. The van der Waals surface area contributed by atoms with Crippen molar-refractivity contribution in [3.63, 3.8) is 0 Å². The molecule has 322 valence electrons. The van der Waals surface area contributed by atoms with Crippen LogP contribution in [0.1, 0.15) is 139 Å². The average Bonchev–Trinajstić information content (AvgIpc) is 3.75. The summed E-state index contributed by atoms with van der Waals surface area (Å²) in [7, 11) is 0. The second-order valence-electron chi connectivity index (χ2n) is 21.0. The van der Waals surface area contributed by atoms with Gasteiger partial charge in [-0.3, -0.25) is 4.79 Å². The van der Waals surface area contributed by atoms with Gasteiger partial charge in [-0.25, -0.2) is 9.59 Å². The highest BCUT2D eigenvalue weighted by Gasteiger charge is 2.61. The van der Waals surface area contributed by atoms with E-state index in [0.29, 0.717) is 47.3 Å². The van der Waals surface area contributed by atoms with E-state index in [-0.39, 0.29) is 34.2 Å². The molecule has 0 radical (unpaired) electrons. The van der Waals surface area contributed by atoms with Crippen molar-refractivity contribution in [1.82, 2.24) is 0 Å². The fourth-order valence-corrected chi connectivity index (χ4v) is 13.7. The normalized spacial score (nSPS) is 37.0. The van der Waals surface area contributed by atoms with E-state index >= 15 is 0 Å². The van der Waals surface area contributed by atoms with Gasteiger partial charge in [-0.05, 0) is 140 Å². The van der Waals surface area contributed by atoms with E-state index in [0.717, 1.165) is 38.4 Å². The molecule has 2 aliphatic heterocycles. The lowest BCUT2D eigenvalue weighted by atomic mass is 9.47. The third-order valence-corrected chi connectivity index (χ3v) is 16.7. The van der Waals surface area contributed by atoms with Crippen LogP contribution in [0.4, 0.5) is 0 Å². The maximum atomic E-state index is 13.8. The molecule has 2 saturated heterocycles. The molecule has 2 heterocycles. The topological polar surface area (TPSA) is 88.1 Å². The summed E-state index contributed by atoms with van der Waals surface area (Å²) in [6, 6.07) is 17.8. The Bertz CT molecular complexity index is 1950. The Hall–Kier alpha value is -3.81. The van der Waals surface area contributed by atoms with Crippen LogP contribution in [0.3, 0.4) is 0 Å². The number of aldehydes is 1. The number of rotatable bonds is 11. The Morgan fingerprint density at radius 3 is 1.97 bits per heavy atom. The van der Waals surface area contributed by atoms with E-state index < -0.39 is 42.5 Å². The Morgan fingerprint density at radius 2 is 1.33 bits per heavy atom. The monoisotopic (exact) mass is 816 g/mol. The summed E-state index contributed by atoms with van der Waals surface area (Å²) in [5.74, 6) is 0.258. The number of benzene rings is 2. The van der Waals surface area contributed by atoms with Gasteiger partial charge < -0.3 is 18.9 Å². The Kier molecular flexibility index (Phi) is 12.3. The highest BCUT2D eigenvalue weighted by Crippen LogP contribution is 2.62. The molecule has 0 spiro atoms. The zero-order valence-corrected chi connectivity index (χ0v) is 36.7. The lowest BCUT2D eigenvalue weighted by Gasteiger charge is -2.58. The summed E-state index contributed by atoms with van der Waals surface area (Å²) < 4.78 is 26.3. The van der Waals surface area contributed by atoms with Crippen LogP contribution in [-0.2, 0) is 23.7 Å². The number of esters is 2. The molecule has 2 aromatic carbocycles. The lowest BCUT2D eigenvalue weighted by molar-refractivity contribution is -0.199. The summed E-state index contributed by atoms with van der Waals surface area (Å²) in [6.45, 7) is 21.4. The third-order valence-electron chi connectivity index (χ3n) is 16.7. The molecule has 4 saturated carbocycles. The minimum absolute atomic E-state index is 0.126. The molecule has 0 bridgehead atoms. The maximum absolute atomic E-state index is 13.8. The molecule has 0 N–H and O–H groups in total. The van der Waals surface area contributed by atoms with Crippen molar-refractivity contribution in [3.8, 4) is 0 Å². The highest BCUT2D eigenvalue weighted by molar-refractivity contribution is 5.90. The molecular formula is C53H68O7. The molecule has 6 fully saturated rings. The van der Waals surface area contributed by atoms with E-state index in [9.17, 15) is 14.4 Å². The van der Waals surface area contributed by atoms with E-state index in [1.54, 1.807) is 48.5 Å². The minimum atomic E-state index is -1.06. The third kappa shape index (κ3) is 8.27.